The quantitative estimate of drug-likeness (QED) is 0.411. The molecule has 168 valence electrons. The molecule has 8 heteroatoms. The second kappa shape index (κ2) is 12.1. The molecule has 1 atom stereocenters. The number of carbonyl (C=O) groups is 2. The first-order valence-electron chi connectivity index (χ1n) is 10.5. The lowest BCUT2D eigenvalue weighted by atomic mass is 10.0. The molecule has 0 fully saturated rings. The zero-order valence-electron chi connectivity index (χ0n) is 18.8. The van der Waals surface area contributed by atoms with E-state index < -0.39 is 6.04 Å². The molecule has 0 saturated heterocycles. The smallest absolute Gasteiger partial charge is 0.262 e. The Kier molecular flexibility index (Phi) is 9.52. The number of thiophene rings is 1. The summed E-state index contributed by atoms with van der Waals surface area (Å²) in [5.41, 5.74) is 4.36. The Balaban J connectivity index is 2.02. The maximum Gasteiger partial charge on any atom is 0.262 e. The van der Waals surface area contributed by atoms with Gasteiger partial charge in [-0.2, -0.15) is 5.10 Å². The van der Waals surface area contributed by atoms with Crippen LogP contribution in [0.5, 0.6) is 5.75 Å². The molecule has 2 amide bonds. The molecule has 0 bridgehead atoms. The largest absolute Gasteiger partial charge is 0.496 e. The number of ether oxygens (including phenoxy) is 1. The zero-order chi connectivity index (χ0) is 22.8. The number of methoxy groups -OCH3 is 1. The van der Waals surface area contributed by atoms with Crippen molar-refractivity contribution < 1.29 is 14.3 Å². The summed E-state index contributed by atoms with van der Waals surface area (Å²) in [7, 11) is 1.61. The third-order valence-electron chi connectivity index (χ3n) is 4.90. The van der Waals surface area contributed by atoms with Crippen molar-refractivity contribution in [2.45, 2.75) is 40.2 Å². The normalized spacial score (nSPS) is 12.1. The van der Waals surface area contributed by atoms with Crippen LogP contribution in [0.25, 0.3) is 0 Å². The minimum atomic E-state index is -0.670. The lowest BCUT2D eigenvalue weighted by molar-refractivity contribution is -0.129. The number of hydrogen-bond donors (Lipinski definition) is 2. The predicted octanol–water partition coefficient (Wildman–Crippen LogP) is 3.44. The number of carbonyl (C=O) groups excluding carboxylic acids is 2. The Morgan fingerprint density at radius 1 is 1.23 bits per heavy atom. The number of hydrazone groups is 1. The van der Waals surface area contributed by atoms with E-state index in [1.807, 2.05) is 49.6 Å². The summed E-state index contributed by atoms with van der Waals surface area (Å²) < 4.78 is 5.48. The number of rotatable bonds is 11. The second-order valence-corrected chi connectivity index (χ2v) is 8.41. The van der Waals surface area contributed by atoms with Crippen molar-refractivity contribution in [3.05, 3.63) is 46.2 Å². The molecule has 2 aromatic rings. The highest BCUT2D eigenvalue weighted by atomic mass is 32.1. The van der Waals surface area contributed by atoms with Gasteiger partial charge in [0.1, 0.15) is 11.8 Å². The fraction of sp³-hybridized carbons (Fsp3) is 0.435. The summed E-state index contributed by atoms with van der Waals surface area (Å²) in [6, 6.07) is 9.00. The molecule has 0 aliphatic heterocycles. The van der Waals surface area contributed by atoms with Crippen LogP contribution in [-0.4, -0.2) is 44.3 Å². The van der Waals surface area contributed by atoms with E-state index in [9.17, 15) is 9.59 Å². The van der Waals surface area contributed by atoms with Gasteiger partial charge in [-0.15, -0.1) is 11.3 Å². The van der Waals surface area contributed by atoms with E-state index in [1.165, 1.54) is 11.3 Å². The molecular formula is C23H32N4O3S. The molecule has 1 aromatic carbocycles. The maximum atomic E-state index is 12.6. The molecule has 0 saturated carbocycles. The number of benzene rings is 1. The monoisotopic (exact) mass is 444 g/mol. The van der Waals surface area contributed by atoms with Crippen LogP contribution in [0.15, 0.2) is 40.8 Å². The number of nitrogens with zero attached hydrogens (tertiary/aromatic N) is 2. The Bertz CT molecular complexity index is 877. The first-order valence-corrected chi connectivity index (χ1v) is 11.3. The van der Waals surface area contributed by atoms with Gasteiger partial charge in [0.25, 0.3) is 5.91 Å². The van der Waals surface area contributed by atoms with Gasteiger partial charge in [-0.25, -0.2) is 5.43 Å². The van der Waals surface area contributed by atoms with Gasteiger partial charge < -0.3 is 15.0 Å². The third-order valence-corrected chi connectivity index (χ3v) is 5.78. The predicted molar refractivity (Wildman–Crippen MR) is 127 cm³/mol. The average Bonchev–Trinajstić information content (AvgIpc) is 3.26. The molecule has 0 aliphatic carbocycles. The molecule has 2 rings (SSSR count). The Labute approximate surface area is 188 Å². The van der Waals surface area contributed by atoms with E-state index in [2.05, 4.69) is 34.6 Å². The average molecular weight is 445 g/mol. The van der Waals surface area contributed by atoms with Crippen LogP contribution in [0, 0.1) is 5.92 Å². The molecule has 0 aliphatic rings. The van der Waals surface area contributed by atoms with E-state index in [1.54, 1.807) is 13.3 Å². The van der Waals surface area contributed by atoms with Crippen LogP contribution in [0.3, 0.4) is 0 Å². The highest BCUT2D eigenvalue weighted by molar-refractivity contribution is 7.10. The van der Waals surface area contributed by atoms with E-state index in [0.717, 1.165) is 29.2 Å². The summed E-state index contributed by atoms with van der Waals surface area (Å²) >= 11 is 1.52. The van der Waals surface area contributed by atoms with Gasteiger partial charge in [-0.1, -0.05) is 19.9 Å². The summed E-state index contributed by atoms with van der Waals surface area (Å²) in [5.74, 6) is 0.0517. The van der Waals surface area contributed by atoms with Gasteiger partial charge in [0.05, 0.1) is 19.7 Å². The fourth-order valence-corrected chi connectivity index (χ4v) is 3.86. The second-order valence-electron chi connectivity index (χ2n) is 7.38. The number of nitrogens with one attached hydrogen (secondary N) is 2. The van der Waals surface area contributed by atoms with E-state index in [4.69, 9.17) is 4.74 Å². The summed E-state index contributed by atoms with van der Waals surface area (Å²) in [6.07, 6.45) is 1.81. The Hall–Kier alpha value is -2.87. The molecule has 0 radical (unpaired) electrons. The van der Waals surface area contributed by atoms with E-state index >= 15 is 0 Å². The third kappa shape index (κ3) is 7.10. The highest BCUT2D eigenvalue weighted by Gasteiger charge is 2.24. The molecular weight excluding hydrogens is 412 g/mol. The summed E-state index contributed by atoms with van der Waals surface area (Å²) in [6.45, 7) is 9.77. The lowest BCUT2D eigenvalue weighted by Crippen LogP contribution is -2.49. The van der Waals surface area contributed by atoms with Crippen LogP contribution < -0.4 is 20.4 Å². The van der Waals surface area contributed by atoms with Crippen LogP contribution in [0.4, 0.5) is 5.69 Å². The van der Waals surface area contributed by atoms with Gasteiger partial charge in [-0.05, 0) is 43.3 Å². The Morgan fingerprint density at radius 2 is 1.97 bits per heavy atom. The minimum absolute atomic E-state index is 0.0784. The zero-order valence-corrected chi connectivity index (χ0v) is 19.7. The van der Waals surface area contributed by atoms with Crippen molar-refractivity contribution in [1.82, 2.24) is 10.7 Å². The van der Waals surface area contributed by atoms with Gasteiger partial charge in [-0.3, -0.25) is 9.59 Å². The standard InChI is InChI=1S/C23H32N4O3S/c1-6-27(7-2)18-11-10-17(20(13-18)30-5)15-24-26-23(29)22(16(3)4)25-21(28)14-19-9-8-12-31-19/h8-13,15-16,22H,6-7,14H2,1-5H3,(H,25,28)(H,26,29)/b24-15-. The number of anilines is 1. The highest BCUT2D eigenvalue weighted by Crippen LogP contribution is 2.24. The molecule has 2 N–H and O–H groups in total. The van der Waals surface area contributed by atoms with Gasteiger partial charge in [0, 0.05) is 35.3 Å². The van der Waals surface area contributed by atoms with E-state index in [0.29, 0.717) is 5.75 Å². The van der Waals surface area contributed by atoms with Gasteiger partial charge in [0.15, 0.2) is 0 Å². The van der Waals surface area contributed by atoms with Crippen molar-refractivity contribution >= 4 is 35.1 Å². The summed E-state index contributed by atoms with van der Waals surface area (Å²) in [4.78, 5) is 28.1. The first-order chi connectivity index (χ1) is 14.9. The SMILES string of the molecule is CCN(CC)c1ccc(/C=N\NC(=O)C(NC(=O)Cc2cccs2)C(C)C)c(OC)c1. The van der Waals surface area contributed by atoms with Crippen molar-refractivity contribution in [2.24, 2.45) is 11.0 Å². The molecule has 0 spiro atoms. The van der Waals surface area contributed by atoms with Crippen molar-refractivity contribution in [2.75, 3.05) is 25.1 Å². The van der Waals surface area contributed by atoms with Crippen molar-refractivity contribution in [3.63, 3.8) is 0 Å². The topological polar surface area (TPSA) is 83.0 Å². The molecule has 7 nitrogen and oxygen atoms in total. The first kappa shape index (κ1) is 24.4. The van der Waals surface area contributed by atoms with Crippen LogP contribution in [0.1, 0.15) is 38.1 Å². The molecule has 1 aromatic heterocycles. The fourth-order valence-electron chi connectivity index (χ4n) is 3.16. The molecule has 31 heavy (non-hydrogen) atoms. The van der Waals surface area contributed by atoms with Crippen LogP contribution >= 0.6 is 11.3 Å². The number of hydrogen-bond acceptors (Lipinski definition) is 6. The molecule has 1 heterocycles. The Morgan fingerprint density at radius 3 is 2.55 bits per heavy atom. The lowest BCUT2D eigenvalue weighted by Gasteiger charge is -2.22. The van der Waals surface area contributed by atoms with Crippen molar-refractivity contribution in [3.8, 4) is 5.75 Å². The van der Waals surface area contributed by atoms with Crippen LogP contribution in [-0.2, 0) is 16.0 Å². The van der Waals surface area contributed by atoms with Crippen molar-refractivity contribution in [1.29, 1.82) is 0 Å². The maximum absolute atomic E-state index is 12.6. The number of amides is 2. The van der Waals surface area contributed by atoms with Gasteiger partial charge in [0.2, 0.25) is 5.91 Å². The molecule has 1 unspecified atom stereocenters. The summed E-state index contributed by atoms with van der Waals surface area (Å²) in [5, 5.41) is 8.82. The van der Waals surface area contributed by atoms with Gasteiger partial charge >= 0.3 is 0 Å². The minimum Gasteiger partial charge on any atom is -0.496 e. The van der Waals surface area contributed by atoms with Crippen LogP contribution in [0.2, 0.25) is 0 Å². The van der Waals surface area contributed by atoms with E-state index in [-0.39, 0.29) is 24.2 Å².